The predicted octanol–water partition coefficient (Wildman–Crippen LogP) is 3.57. The number of nitro benzene ring substituents is 2. The molecule has 0 heterocycles. The number of esters is 1. The van der Waals surface area contributed by atoms with E-state index in [1.165, 1.54) is 0 Å². The van der Waals surface area contributed by atoms with Crippen LogP contribution in [0, 0.1) is 26.1 Å². The fourth-order valence-electron chi connectivity index (χ4n) is 2.35. The lowest BCUT2D eigenvalue weighted by Gasteiger charge is -2.11. The first kappa shape index (κ1) is 19.7. The Balaban J connectivity index is 2.00. The Morgan fingerprint density at radius 3 is 2.04 bits per heavy atom. The zero-order valence-electron chi connectivity index (χ0n) is 14.4. The highest BCUT2D eigenvalue weighted by atomic mass is 16.6. The summed E-state index contributed by atoms with van der Waals surface area (Å²) in [6.45, 7) is 1.59. The van der Waals surface area contributed by atoms with Crippen molar-refractivity contribution in [1.29, 1.82) is 0 Å². The molecule has 140 valence electrons. The number of ether oxygens (including phenoxy) is 1. The van der Waals surface area contributed by atoms with Gasteiger partial charge in [0, 0.05) is 23.6 Å². The van der Waals surface area contributed by atoms with E-state index in [0.717, 1.165) is 18.2 Å². The van der Waals surface area contributed by atoms with Crippen molar-refractivity contribution < 1.29 is 24.2 Å². The maximum atomic E-state index is 12.2. The van der Waals surface area contributed by atoms with Crippen molar-refractivity contribution in [2.24, 2.45) is 5.92 Å². The van der Waals surface area contributed by atoms with Crippen molar-refractivity contribution in [1.82, 2.24) is 0 Å². The van der Waals surface area contributed by atoms with E-state index in [0.29, 0.717) is 5.56 Å². The molecule has 27 heavy (non-hydrogen) atoms. The lowest BCUT2D eigenvalue weighted by Crippen LogP contribution is -2.15. The van der Waals surface area contributed by atoms with Crippen molar-refractivity contribution in [2.45, 2.75) is 13.3 Å². The SMILES string of the molecule is CC(CCOC(=O)c1cc([N+](=O)[O-])cc([N+](=O)[O-])c1)C(=O)c1ccccc1. The molecule has 0 saturated heterocycles. The van der Waals surface area contributed by atoms with Crippen molar-refractivity contribution in [3.05, 3.63) is 79.9 Å². The second-order valence-electron chi connectivity index (χ2n) is 5.81. The summed E-state index contributed by atoms with van der Waals surface area (Å²) < 4.78 is 5.02. The van der Waals surface area contributed by atoms with E-state index in [2.05, 4.69) is 0 Å². The van der Waals surface area contributed by atoms with Gasteiger partial charge in [0.05, 0.1) is 28.1 Å². The fraction of sp³-hybridized carbons (Fsp3) is 0.222. The van der Waals surface area contributed by atoms with E-state index in [9.17, 15) is 29.8 Å². The van der Waals surface area contributed by atoms with Crippen LogP contribution in [-0.4, -0.2) is 28.2 Å². The second kappa shape index (κ2) is 8.65. The van der Waals surface area contributed by atoms with Gasteiger partial charge in [0.25, 0.3) is 11.4 Å². The van der Waals surface area contributed by atoms with E-state index in [1.807, 2.05) is 0 Å². The number of hydrogen-bond donors (Lipinski definition) is 0. The molecule has 0 N–H and O–H groups in total. The van der Waals surface area contributed by atoms with E-state index in [1.54, 1.807) is 37.3 Å². The molecule has 0 fully saturated rings. The Morgan fingerprint density at radius 2 is 1.52 bits per heavy atom. The molecule has 0 aliphatic rings. The molecule has 0 saturated carbocycles. The van der Waals surface area contributed by atoms with E-state index < -0.39 is 33.1 Å². The summed E-state index contributed by atoms with van der Waals surface area (Å²) >= 11 is 0. The normalized spacial score (nSPS) is 11.4. The molecule has 0 aliphatic carbocycles. The highest BCUT2D eigenvalue weighted by molar-refractivity contribution is 5.97. The molecule has 0 bridgehead atoms. The van der Waals surface area contributed by atoms with Gasteiger partial charge in [-0.2, -0.15) is 0 Å². The first-order valence-corrected chi connectivity index (χ1v) is 8.00. The highest BCUT2D eigenvalue weighted by Crippen LogP contribution is 2.23. The van der Waals surface area contributed by atoms with Crippen molar-refractivity contribution in [2.75, 3.05) is 6.61 Å². The Kier molecular flexibility index (Phi) is 6.32. The predicted molar refractivity (Wildman–Crippen MR) is 94.6 cm³/mol. The van der Waals surface area contributed by atoms with Crippen LogP contribution in [0.15, 0.2) is 48.5 Å². The number of nitrogens with zero attached hydrogens (tertiary/aromatic N) is 2. The summed E-state index contributed by atoms with van der Waals surface area (Å²) in [4.78, 5) is 44.4. The number of Topliss-reactive ketones (excluding diaryl/α,β-unsaturated/α-hetero) is 1. The summed E-state index contributed by atoms with van der Waals surface area (Å²) in [5, 5.41) is 21.7. The molecular weight excluding hydrogens is 356 g/mol. The minimum Gasteiger partial charge on any atom is -0.462 e. The van der Waals surface area contributed by atoms with Gasteiger partial charge in [-0.15, -0.1) is 0 Å². The lowest BCUT2D eigenvalue weighted by atomic mass is 9.97. The topological polar surface area (TPSA) is 130 Å². The van der Waals surface area contributed by atoms with Crippen LogP contribution in [0.4, 0.5) is 11.4 Å². The van der Waals surface area contributed by atoms with Gasteiger partial charge in [-0.25, -0.2) is 4.79 Å². The Labute approximate surface area is 153 Å². The molecule has 1 unspecified atom stereocenters. The van der Waals surface area contributed by atoms with Crippen LogP contribution >= 0.6 is 0 Å². The molecule has 9 heteroatoms. The number of benzene rings is 2. The molecule has 9 nitrogen and oxygen atoms in total. The zero-order chi connectivity index (χ0) is 20.0. The van der Waals surface area contributed by atoms with Gasteiger partial charge in [0.15, 0.2) is 5.78 Å². The zero-order valence-corrected chi connectivity index (χ0v) is 14.4. The first-order valence-electron chi connectivity index (χ1n) is 8.00. The van der Waals surface area contributed by atoms with Crippen LogP contribution in [0.1, 0.15) is 34.1 Å². The molecule has 0 aliphatic heterocycles. The molecule has 0 amide bonds. The van der Waals surface area contributed by atoms with Gasteiger partial charge in [-0.1, -0.05) is 37.3 Å². The highest BCUT2D eigenvalue weighted by Gasteiger charge is 2.21. The number of nitro groups is 2. The van der Waals surface area contributed by atoms with Crippen LogP contribution in [0.5, 0.6) is 0 Å². The quantitative estimate of drug-likeness (QED) is 0.300. The minimum absolute atomic E-state index is 0.0994. The Hall–Kier alpha value is -3.62. The van der Waals surface area contributed by atoms with Crippen molar-refractivity contribution in [3.8, 4) is 0 Å². The fourth-order valence-corrected chi connectivity index (χ4v) is 2.35. The molecule has 0 radical (unpaired) electrons. The molecule has 1 atom stereocenters. The third-order valence-corrected chi connectivity index (χ3v) is 3.85. The number of rotatable bonds is 8. The monoisotopic (exact) mass is 372 g/mol. The summed E-state index contributed by atoms with van der Waals surface area (Å²) in [6.07, 6.45) is 0.247. The minimum atomic E-state index is -0.929. The smallest absolute Gasteiger partial charge is 0.338 e. The Morgan fingerprint density at radius 1 is 0.963 bits per heavy atom. The van der Waals surface area contributed by atoms with Gasteiger partial charge >= 0.3 is 5.97 Å². The van der Waals surface area contributed by atoms with E-state index >= 15 is 0 Å². The maximum Gasteiger partial charge on any atom is 0.338 e. The van der Waals surface area contributed by atoms with Crippen LogP contribution in [0.3, 0.4) is 0 Å². The third kappa shape index (κ3) is 5.18. The molecule has 0 aromatic heterocycles. The molecular formula is C18H16N2O7. The average Bonchev–Trinajstić information content (AvgIpc) is 2.67. The van der Waals surface area contributed by atoms with E-state index in [4.69, 9.17) is 4.74 Å². The molecule has 2 rings (SSSR count). The van der Waals surface area contributed by atoms with Crippen molar-refractivity contribution >= 4 is 23.1 Å². The van der Waals surface area contributed by atoms with Gasteiger partial charge in [0.2, 0.25) is 0 Å². The van der Waals surface area contributed by atoms with Crippen LogP contribution in [0.2, 0.25) is 0 Å². The number of ketones is 1. The molecule has 2 aromatic carbocycles. The summed E-state index contributed by atoms with van der Waals surface area (Å²) in [6, 6.07) is 11.2. The maximum absolute atomic E-state index is 12.2. The van der Waals surface area contributed by atoms with Gasteiger partial charge < -0.3 is 4.74 Å². The third-order valence-electron chi connectivity index (χ3n) is 3.85. The average molecular weight is 372 g/mol. The second-order valence-corrected chi connectivity index (χ2v) is 5.81. The summed E-state index contributed by atoms with van der Waals surface area (Å²) in [5.41, 5.74) is -0.906. The van der Waals surface area contributed by atoms with E-state index in [-0.39, 0.29) is 24.4 Å². The van der Waals surface area contributed by atoms with Gasteiger partial charge in [0.1, 0.15) is 0 Å². The van der Waals surface area contributed by atoms with Crippen LogP contribution in [-0.2, 0) is 4.74 Å². The van der Waals surface area contributed by atoms with Gasteiger partial charge in [-0.3, -0.25) is 25.0 Å². The number of hydrogen-bond acceptors (Lipinski definition) is 7. The largest absolute Gasteiger partial charge is 0.462 e. The molecule has 0 spiro atoms. The van der Waals surface area contributed by atoms with Crippen LogP contribution < -0.4 is 0 Å². The number of non-ortho nitro benzene ring substituents is 2. The summed E-state index contributed by atoms with van der Waals surface area (Å²) in [7, 11) is 0. The summed E-state index contributed by atoms with van der Waals surface area (Å²) in [5.74, 6) is -1.43. The van der Waals surface area contributed by atoms with Crippen LogP contribution in [0.25, 0.3) is 0 Å². The standard InChI is InChI=1S/C18H16N2O7/c1-12(17(21)13-5-3-2-4-6-13)7-8-27-18(22)14-9-15(19(23)24)11-16(10-14)20(25)26/h2-6,9-12H,7-8H2,1H3. The number of carbonyl (C=O) groups is 2. The van der Waals surface area contributed by atoms with Crippen molar-refractivity contribution in [3.63, 3.8) is 0 Å². The number of carbonyl (C=O) groups excluding carboxylic acids is 2. The lowest BCUT2D eigenvalue weighted by molar-refractivity contribution is -0.394. The first-order chi connectivity index (χ1) is 12.8. The van der Waals surface area contributed by atoms with Gasteiger partial charge in [-0.05, 0) is 6.42 Å². The Bertz CT molecular complexity index is 848. The molecule has 2 aromatic rings.